The van der Waals surface area contributed by atoms with E-state index in [0.717, 1.165) is 16.0 Å². The summed E-state index contributed by atoms with van der Waals surface area (Å²) in [6.07, 6.45) is 1.26. The van der Waals surface area contributed by atoms with Gasteiger partial charge in [-0.15, -0.1) is 23.1 Å². The molecule has 1 aromatic heterocycles. The predicted octanol–water partition coefficient (Wildman–Crippen LogP) is 8.62. The average molecular weight is 772 g/mol. The fourth-order valence-corrected chi connectivity index (χ4v) is 7.10. The third-order valence-electron chi connectivity index (χ3n) is 8.08. The predicted molar refractivity (Wildman–Crippen MR) is 214 cm³/mol. The summed E-state index contributed by atoms with van der Waals surface area (Å²) in [6.45, 7) is 0. The van der Waals surface area contributed by atoms with E-state index >= 15 is 0 Å². The van der Waals surface area contributed by atoms with E-state index in [1.54, 1.807) is 80.9 Å². The molecule has 55 heavy (non-hydrogen) atoms. The molecule has 0 aliphatic heterocycles. The van der Waals surface area contributed by atoms with Gasteiger partial charge in [-0.25, -0.2) is 4.98 Å². The summed E-state index contributed by atoms with van der Waals surface area (Å²) in [5.41, 5.74) is 2.65. The Balaban J connectivity index is 1.19. The molecule has 3 N–H and O–H groups in total. The zero-order chi connectivity index (χ0) is 38.7. The molecule has 0 saturated carbocycles. The first kappa shape index (κ1) is 38.0. The molecule has 6 aromatic rings. The van der Waals surface area contributed by atoms with Crippen LogP contribution in [0.15, 0.2) is 143 Å². The molecule has 1 atom stereocenters. The summed E-state index contributed by atoms with van der Waals surface area (Å²) >= 11 is 2.62. The summed E-state index contributed by atoms with van der Waals surface area (Å²) in [5, 5.41) is 21.6. The molecule has 1 unspecified atom stereocenters. The van der Waals surface area contributed by atoms with E-state index in [0.29, 0.717) is 33.6 Å². The van der Waals surface area contributed by atoms with Crippen LogP contribution in [0.3, 0.4) is 0 Å². The van der Waals surface area contributed by atoms with E-state index in [9.17, 15) is 24.5 Å². The lowest BCUT2D eigenvalue weighted by atomic mass is 10.1. The summed E-state index contributed by atoms with van der Waals surface area (Å²) in [4.78, 5) is 56.9. The fraction of sp³-hybridized carbons (Fsp3) is 0.0732. The highest BCUT2D eigenvalue weighted by Gasteiger charge is 2.24. The fourth-order valence-electron chi connectivity index (χ4n) is 5.36. The number of hydrogen-bond donors (Lipinski definition) is 3. The number of nitro benzene ring substituents is 1. The normalized spacial score (nSPS) is 11.6. The minimum absolute atomic E-state index is 0.137. The van der Waals surface area contributed by atoms with Crippen molar-refractivity contribution in [2.24, 2.45) is 0 Å². The standard InChI is InChI=1S/C41H33N5O7S2/c1-52-35-22-17-28(24-36(35)53-2)33-25-54-41(44-33)45-40(49)37(26-11-5-3-6-12-26)55-31-20-18-30(19-21-31)42-39(48)32(43-38(47)27-13-7-4-8-14-27)23-29-15-9-10-16-34(29)46(50)51/h3-25,37H,1-2H3,(H,42,48)(H,43,47)(H,44,45,49)/b32-23-. The molecular weight excluding hydrogens is 739 g/mol. The number of carbonyl (C=O) groups is 3. The van der Waals surface area contributed by atoms with Crippen LogP contribution in [0.25, 0.3) is 17.3 Å². The van der Waals surface area contributed by atoms with Crippen molar-refractivity contribution in [1.82, 2.24) is 10.3 Å². The van der Waals surface area contributed by atoms with Gasteiger partial charge in [-0.05, 0) is 72.3 Å². The highest BCUT2D eigenvalue weighted by Crippen LogP contribution is 2.38. The van der Waals surface area contributed by atoms with Gasteiger partial charge in [-0.2, -0.15) is 0 Å². The van der Waals surface area contributed by atoms with Crippen molar-refractivity contribution in [2.75, 3.05) is 24.9 Å². The topological polar surface area (TPSA) is 162 Å². The Morgan fingerprint density at radius 1 is 0.818 bits per heavy atom. The van der Waals surface area contributed by atoms with Crippen molar-refractivity contribution in [3.63, 3.8) is 0 Å². The molecule has 0 bridgehead atoms. The van der Waals surface area contributed by atoms with Crippen LogP contribution in [-0.4, -0.2) is 41.8 Å². The minimum Gasteiger partial charge on any atom is -0.493 e. The van der Waals surface area contributed by atoms with Crippen LogP contribution in [0.1, 0.15) is 26.7 Å². The third-order valence-corrected chi connectivity index (χ3v) is 10.1. The van der Waals surface area contributed by atoms with Crippen LogP contribution < -0.4 is 25.4 Å². The van der Waals surface area contributed by atoms with Crippen LogP contribution in [0.5, 0.6) is 11.5 Å². The monoisotopic (exact) mass is 771 g/mol. The lowest BCUT2D eigenvalue weighted by Gasteiger charge is -2.17. The maximum atomic E-state index is 13.8. The molecule has 0 radical (unpaired) electrons. The molecular formula is C41H33N5O7S2. The Bertz CT molecular complexity index is 2350. The second-order valence-corrected chi connectivity index (χ2v) is 13.7. The van der Waals surface area contributed by atoms with Gasteiger partial charge in [0.25, 0.3) is 17.5 Å². The Morgan fingerprint density at radius 3 is 2.18 bits per heavy atom. The highest BCUT2D eigenvalue weighted by atomic mass is 32.2. The molecule has 0 aliphatic carbocycles. The van der Waals surface area contributed by atoms with Crippen molar-refractivity contribution in [1.29, 1.82) is 0 Å². The molecule has 0 spiro atoms. The van der Waals surface area contributed by atoms with Gasteiger partial charge in [0.2, 0.25) is 5.91 Å². The maximum Gasteiger partial charge on any atom is 0.276 e. The van der Waals surface area contributed by atoms with Crippen molar-refractivity contribution >= 4 is 63.4 Å². The number of aromatic nitrogens is 1. The number of thioether (sulfide) groups is 1. The van der Waals surface area contributed by atoms with Crippen molar-refractivity contribution < 1.29 is 28.8 Å². The number of amides is 3. The van der Waals surface area contributed by atoms with E-state index in [2.05, 4.69) is 20.9 Å². The summed E-state index contributed by atoms with van der Waals surface area (Å²) in [7, 11) is 3.13. The average Bonchev–Trinajstić information content (AvgIpc) is 3.69. The van der Waals surface area contributed by atoms with Gasteiger partial charge in [0.15, 0.2) is 16.6 Å². The van der Waals surface area contributed by atoms with Gasteiger partial charge in [-0.3, -0.25) is 24.5 Å². The number of nitrogens with zero attached hydrogens (tertiary/aromatic N) is 2. The molecule has 1 heterocycles. The first-order chi connectivity index (χ1) is 26.7. The molecule has 0 fully saturated rings. The number of rotatable bonds is 14. The van der Waals surface area contributed by atoms with Gasteiger partial charge < -0.3 is 25.4 Å². The van der Waals surface area contributed by atoms with E-state index in [1.807, 2.05) is 47.8 Å². The van der Waals surface area contributed by atoms with Gasteiger partial charge in [0, 0.05) is 33.2 Å². The number of carbonyl (C=O) groups excluding carboxylic acids is 3. The van der Waals surface area contributed by atoms with Gasteiger partial charge >= 0.3 is 0 Å². The van der Waals surface area contributed by atoms with Crippen LogP contribution >= 0.6 is 23.1 Å². The van der Waals surface area contributed by atoms with Crippen LogP contribution in [0.4, 0.5) is 16.5 Å². The maximum absolute atomic E-state index is 13.8. The summed E-state index contributed by atoms with van der Waals surface area (Å²) in [5.74, 6) is -0.373. The first-order valence-electron chi connectivity index (χ1n) is 16.7. The zero-order valence-corrected chi connectivity index (χ0v) is 31.1. The number of benzene rings is 5. The molecule has 0 saturated heterocycles. The van der Waals surface area contributed by atoms with Gasteiger partial charge in [0.05, 0.1) is 30.4 Å². The van der Waals surface area contributed by atoms with Crippen LogP contribution in [0.2, 0.25) is 0 Å². The number of methoxy groups -OCH3 is 2. The van der Waals surface area contributed by atoms with Crippen LogP contribution in [-0.2, 0) is 9.59 Å². The van der Waals surface area contributed by atoms with E-state index < -0.39 is 22.0 Å². The number of nitrogens with one attached hydrogen (secondary N) is 3. The Labute approximate surface area is 324 Å². The number of ether oxygens (including phenoxy) is 2. The second-order valence-electron chi connectivity index (χ2n) is 11.7. The van der Waals surface area contributed by atoms with Gasteiger partial charge in [0.1, 0.15) is 10.9 Å². The van der Waals surface area contributed by atoms with Crippen molar-refractivity contribution in [3.8, 4) is 22.8 Å². The van der Waals surface area contributed by atoms with E-state index in [4.69, 9.17) is 9.47 Å². The summed E-state index contributed by atoms with van der Waals surface area (Å²) in [6, 6.07) is 35.9. The zero-order valence-electron chi connectivity index (χ0n) is 29.4. The lowest BCUT2D eigenvalue weighted by molar-refractivity contribution is -0.385. The molecule has 0 aliphatic rings. The molecule has 12 nitrogen and oxygen atoms in total. The van der Waals surface area contributed by atoms with Crippen molar-refractivity contribution in [3.05, 3.63) is 165 Å². The lowest BCUT2D eigenvalue weighted by Crippen LogP contribution is -2.30. The first-order valence-corrected chi connectivity index (χ1v) is 18.4. The molecule has 276 valence electrons. The third kappa shape index (κ3) is 9.62. The quantitative estimate of drug-likeness (QED) is 0.0426. The molecule has 6 rings (SSSR count). The largest absolute Gasteiger partial charge is 0.493 e. The minimum atomic E-state index is -0.694. The molecule has 3 amide bonds. The molecule has 14 heteroatoms. The Morgan fingerprint density at radius 2 is 1.49 bits per heavy atom. The van der Waals surface area contributed by atoms with E-state index in [1.165, 1.54) is 47.4 Å². The second kappa shape index (κ2) is 17.8. The number of nitro groups is 1. The van der Waals surface area contributed by atoms with Crippen LogP contribution in [0, 0.1) is 10.1 Å². The van der Waals surface area contributed by atoms with Crippen molar-refractivity contribution in [2.45, 2.75) is 10.1 Å². The Hall–Kier alpha value is -6.77. The smallest absolute Gasteiger partial charge is 0.276 e. The van der Waals surface area contributed by atoms with Gasteiger partial charge in [-0.1, -0.05) is 60.7 Å². The number of hydrogen-bond acceptors (Lipinski definition) is 10. The number of thiazole rings is 1. The summed E-state index contributed by atoms with van der Waals surface area (Å²) < 4.78 is 10.8. The number of anilines is 2. The highest BCUT2D eigenvalue weighted by molar-refractivity contribution is 8.00. The van der Waals surface area contributed by atoms with E-state index in [-0.39, 0.29) is 22.9 Å². The SMILES string of the molecule is COc1ccc(-c2csc(NC(=O)C(Sc3ccc(NC(=O)/C(=C/c4ccccc4[N+](=O)[O-])NC(=O)c4ccccc4)cc3)c3ccccc3)n2)cc1OC. The molecule has 5 aromatic carbocycles. The Kier molecular flexibility index (Phi) is 12.3. The number of para-hydroxylation sites is 1.